The van der Waals surface area contributed by atoms with Crippen LogP contribution in [-0.2, 0) is 0 Å². The molecule has 17 heavy (non-hydrogen) atoms. The van der Waals surface area contributed by atoms with E-state index in [1.54, 1.807) is 37.7 Å². The average Bonchev–Trinajstić information content (AvgIpc) is 2.60. The van der Waals surface area contributed by atoms with Gasteiger partial charge in [-0.05, 0) is 74.0 Å². The number of hydrogen-bond acceptors (Lipinski definition) is 0. The second-order valence-electron chi connectivity index (χ2n) is 7.53. The Morgan fingerprint density at radius 3 is 2.82 bits per heavy atom. The predicted molar refractivity (Wildman–Crippen MR) is 71.7 cm³/mol. The van der Waals surface area contributed by atoms with Crippen LogP contribution in [0.5, 0.6) is 0 Å². The van der Waals surface area contributed by atoms with Crippen molar-refractivity contribution in [2.45, 2.75) is 64.2 Å². The van der Waals surface area contributed by atoms with Gasteiger partial charge in [0.05, 0.1) is 0 Å². The first kappa shape index (κ1) is 10.6. The third kappa shape index (κ3) is 1.42. The van der Waals surface area contributed by atoms with Gasteiger partial charge in [-0.1, -0.05) is 31.4 Å². The summed E-state index contributed by atoms with van der Waals surface area (Å²) >= 11 is 0. The number of allylic oxidation sites excluding steroid dienone is 1. The van der Waals surface area contributed by atoms with E-state index in [9.17, 15) is 0 Å². The van der Waals surface area contributed by atoms with Crippen molar-refractivity contribution in [2.75, 3.05) is 0 Å². The molecule has 0 aromatic heterocycles. The molecule has 0 aromatic rings. The largest absolute Gasteiger partial charge is 0.0996 e. The highest BCUT2D eigenvalue weighted by atomic mass is 14.6. The summed E-state index contributed by atoms with van der Waals surface area (Å²) in [5.41, 5.74) is 2.38. The molecule has 0 nitrogen and oxygen atoms in total. The van der Waals surface area contributed by atoms with Gasteiger partial charge in [-0.2, -0.15) is 0 Å². The number of rotatable bonds is 0. The quantitative estimate of drug-likeness (QED) is 0.517. The molecule has 4 aliphatic rings. The van der Waals surface area contributed by atoms with Crippen LogP contribution in [0.1, 0.15) is 64.2 Å². The molecule has 4 saturated carbocycles. The van der Waals surface area contributed by atoms with Crippen molar-refractivity contribution in [3.63, 3.8) is 0 Å². The van der Waals surface area contributed by atoms with E-state index < -0.39 is 0 Å². The molecule has 5 atom stereocenters. The van der Waals surface area contributed by atoms with Crippen LogP contribution < -0.4 is 0 Å². The average molecular weight is 230 g/mol. The van der Waals surface area contributed by atoms with E-state index in [-0.39, 0.29) is 0 Å². The van der Waals surface area contributed by atoms with Gasteiger partial charge in [0.25, 0.3) is 0 Å². The van der Waals surface area contributed by atoms with Gasteiger partial charge in [-0.3, -0.25) is 0 Å². The van der Waals surface area contributed by atoms with Gasteiger partial charge in [0.1, 0.15) is 0 Å². The van der Waals surface area contributed by atoms with Crippen molar-refractivity contribution in [3.05, 3.63) is 12.2 Å². The molecule has 0 radical (unpaired) electrons. The summed E-state index contributed by atoms with van der Waals surface area (Å²) < 4.78 is 0. The number of hydrogen-bond donors (Lipinski definition) is 0. The Hall–Kier alpha value is -0.260. The molecule has 0 heterocycles. The zero-order valence-electron chi connectivity index (χ0n) is 11.1. The van der Waals surface area contributed by atoms with E-state index in [0.717, 1.165) is 29.1 Å². The summed E-state index contributed by atoms with van der Waals surface area (Å²) in [5, 5.41) is 0. The number of fused-ring (bicyclic) bond motifs is 3. The molecule has 4 fully saturated rings. The van der Waals surface area contributed by atoms with Crippen molar-refractivity contribution in [1.29, 1.82) is 0 Å². The minimum absolute atomic E-state index is 0.749. The lowest BCUT2D eigenvalue weighted by Gasteiger charge is -2.53. The smallest absolute Gasteiger partial charge is 0.0200 e. The predicted octanol–water partition coefficient (Wildman–Crippen LogP) is 4.95. The van der Waals surface area contributed by atoms with E-state index in [1.807, 2.05) is 0 Å². The molecule has 4 aliphatic carbocycles. The zero-order chi connectivity index (χ0) is 11.5. The normalized spacial score (nSPS) is 53.1. The molecule has 0 aromatic carbocycles. The SMILES string of the molecule is C=C1CC23CCC4CCCCC4C2CCC1C3. The van der Waals surface area contributed by atoms with E-state index in [4.69, 9.17) is 0 Å². The molecule has 0 N–H and O–H groups in total. The highest BCUT2D eigenvalue weighted by molar-refractivity contribution is 5.19. The van der Waals surface area contributed by atoms with E-state index in [0.29, 0.717) is 0 Å². The second-order valence-corrected chi connectivity index (χ2v) is 7.53. The highest BCUT2D eigenvalue weighted by Gasteiger charge is 2.55. The summed E-state index contributed by atoms with van der Waals surface area (Å²) in [7, 11) is 0. The molecule has 0 amide bonds. The van der Waals surface area contributed by atoms with Crippen LogP contribution in [0.4, 0.5) is 0 Å². The molecule has 0 heteroatoms. The van der Waals surface area contributed by atoms with Gasteiger partial charge in [0, 0.05) is 0 Å². The van der Waals surface area contributed by atoms with Crippen LogP contribution in [0.15, 0.2) is 12.2 Å². The monoisotopic (exact) mass is 230 g/mol. The first-order valence-corrected chi connectivity index (χ1v) is 7.96. The van der Waals surface area contributed by atoms with Crippen LogP contribution in [0.3, 0.4) is 0 Å². The molecular weight excluding hydrogens is 204 g/mol. The molecule has 4 rings (SSSR count). The minimum atomic E-state index is 0.749. The first-order valence-electron chi connectivity index (χ1n) is 7.96. The van der Waals surface area contributed by atoms with Gasteiger partial charge in [0.15, 0.2) is 0 Å². The summed E-state index contributed by atoms with van der Waals surface area (Å²) in [6, 6.07) is 0. The maximum absolute atomic E-state index is 4.39. The Bertz CT molecular complexity index is 342. The Balaban J connectivity index is 1.66. The fourth-order valence-electron chi connectivity index (χ4n) is 6.22. The van der Waals surface area contributed by atoms with Crippen molar-refractivity contribution >= 4 is 0 Å². The standard InChI is InChI=1S/C17H26/c1-12-10-17-9-8-13-4-2-3-5-15(13)16(17)7-6-14(12)11-17/h13-16H,1-11H2. The van der Waals surface area contributed by atoms with Crippen LogP contribution in [0.2, 0.25) is 0 Å². The van der Waals surface area contributed by atoms with Crippen LogP contribution in [0.25, 0.3) is 0 Å². The lowest BCUT2D eigenvalue weighted by Crippen LogP contribution is -2.44. The van der Waals surface area contributed by atoms with Gasteiger partial charge < -0.3 is 0 Å². The van der Waals surface area contributed by atoms with E-state index in [1.165, 1.54) is 32.1 Å². The highest BCUT2D eigenvalue weighted by Crippen LogP contribution is 2.65. The summed E-state index contributed by atoms with van der Waals surface area (Å²) in [6.07, 6.45) is 15.2. The Kier molecular flexibility index (Phi) is 2.27. The van der Waals surface area contributed by atoms with Crippen LogP contribution >= 0.6 is 0 Å². The maximum Gasteiger partial charge on any atom is -0.0200 e. The van der Waals surface area contributed by atoms with Crippen molar-refractivity contribution in [2.24, 2.45) is 29.1 Å². The van der Waals surface area contributed by atoms with E-state index in [2.05, 4.69) is 6.58 Å². The summed E-state index contributed by atoms with van der Waals surface area (Å²) in [6.45, 7) is 4.39. The Morgan fingerprint density at radius 2 is 1.88 bits per heavy atom. The lowest BCUT2D eigenvalue weighted by atomic mass is 9.51. The van der Waals surface area contributed by atoms with Crippen molar-refractivity contribution in [1.82, 2.24) is 0 Å². The van der Waals surface area contributed by atoms with Crippen molar-refractivity contribution < 1.29 is 0 Å². The van der Waals surface area contributed by atoms with Crippen LogP contribution in [-0.4, -0.2) is 0 Å². The molecule has 1 spiro atoms. The Labute approximate surface area is 106 Å². The fourth-order valence-corrected chi connectivity index (χ4v) is 6.22. The van der Waals surface area contributed by atoms with Crippen molar-refractivity contribution in [3.8, 4) is 0 Å². The van der Waals surface area contributed by atoms with Gasteiger partial charge in [0.2, 0.25) is 0 Å². The van der Waals surface area contributed by atoms with Crippen LogP contribution in [0, 0.1) is 29.1 Å². The third-order valence-electron chi connectivity index (χ3n) is 6.92. The lowest BCUT2D eigenvalue weighted by molar-refractivity contribution is -0.0377. The van der Waals surface area contributed by atoms with Gasteiger partial charge >= 0.3 is 0 Å². The fraction of sp³-hybridized carbons (Fsp3) is 0.882. The second kappa shape index (κ2) is 3.62. The van der Waals surface area contributed by atoms with E-state index >= 15 is 0 Å². The zero-order valence-corrected chi connectivity index (χ0v) is 11.1. The molecule has 94 valence electrons. The van der Waals surface area contributed by atoms with Gasteiger partial charge in [-0.25, -0.2) is 0 Å². The third-order valence-corrected chi connectivity index (χ3v) is 6.92. The Morgan fingerprint density at radius 1 is 1.00 bits per heavy atom. The molecule has 0 saturated heterocycles. The first-order chi connectivity index (χ1) is 8.28. The molecule has 2 bridgehead atoms. The molecule has 0 aliphatic heterocycles. The maximum atomic E-state index is 4.39. The summed E-state index contributed by atoms with van der Waals surface area (Å²) in [4.78, 5) is 0. The topological polar surface area (TPSA) is 0 Å². The minimum Gasteiger partial charge on any atom is -0.0996 e. The molecule has 5 unspecified atom stereocenters. The van der Waals surface area contributed by atoms with Gasteiger partial charge in [-0.15, -0.1) is 0 Å². The molecular formula is C17H26. The summed E-state index contributed by atoms with van der Waals surface area (Å²) in [5.74, 6) is 4.25.